The first-order valence-electron chi connectivity index (χ1n) is 11.8. The van der Waals surface area contributed by atoms with Gasteiger partial charge >= 0.3 is 5.97 Å². The molecule has 184 valence electrons. The lowest BCUT2D eigenvalue weighted by Crippen LogP contribution is -2.42. The second-order valence-corrected chi connectivity index (χ2v) is 8.79. The van der Waals surface area contributed by atoms with Gasteiger partial charge in [0, 0.05) is 6.42 Å². The number of carbonyl (C=O) groups excluding carboxylic acids is 1. The second kappa shape index (κ2) is 12.8. The minimum Gasteiger partial charge on any atom is -0.496 e. The van der Waals surface area contributed by atoms with Crippen molar-refractivity contribution in [1.82, 2.24) is 0 Å². The van der Waals surface area contributed by atoms with Crippen LogP contribution in [0.2, 0.25) is 0 Å². The van der Waals surface area contributed by atoms with E-state index in [1.165, 1.54) is 0 Å². The summed E-state index contributed by atoms with van der Waals surface area (Å²) in [6.07, 6.45) is 3.90. The molecule has 0 amide bonds. The van der Waals surface area contributed by atoms with Gasteiger partial charge in [-0.05, 0) is 62.2 Å². The van der Waals surface area contributed by atoms with E-state index in [1.54, 1.807) is 19.2 Å². The van der Waals surface area contributed by atoms with Gasteiger partial charge in [-0.2, -0.15) is 0 Å². The van der Waals surface area contributed by atoms with Gasteiger partial charge in [-0.25, -0.2) is 4.79 Å². The van der Waals surface area contributed by atoms with Crippen LogP contribution in [0.4, 0.5) is 0 Å². The molecule has 0 heterocycles. The van der Waals surface area contributed by atoms with Crippen molar-refractivity contribution in [2.24, 2.45) is 0 Å². The van der Waals surface area contributed by atoms with Crippen molar-refractivity contribution in [3.8, 4) is 11.5 Å². The number of aryl methyl sites for hydroxylation is 1. The summed E-state index contributed by atoms with van der Waals surface area (Å²) in [5.74, 6) is 1.23. The third-order valence-corrected chi connectivity index (χ3v) is 5.72. The SMILES string of the molecule is COc1ccc(OC/C=C/CC(OC(=O)c2ccccc2)C(C)(C)OCc2ccccc2)cc1C. The first-order valence-corrected chi connectivity index (χ1v) is 11.8. The number of ether oxygens (including phenoxy) is 4. The second-order valence-electron chi connectivity index (χ2n) is 8.79. The van der Waals surface area contributed by atoms with Crippen LogP contribution >= 0.6 is 0 Å². The highest BCUT2D eigenvalue weighted by Crippen LogP contribution is 2.25. The normalized spacial score (nSPS) is 12.3. The van der Waals surface area contributed by atoms with E-state index in [-0.39, 0.29) is 5.97 Å². The van der Waals surface area contributed by atoms with E-state index in [2.05, 4.69) is 0 Å². The summed E-state index contributed by atoms with van der Waals surface area (Å²) in [7, 11) is 1.65. The molecule has 0 aliphatic carbocycles. The van der Waals surface area contributed by atoms with Gasteiger partial charge in [0.2, 0.25) is 0 Å². The van der Waals surface area contributed by atoms with Crippen LogP contribution in [0.3, 0.4) is 0 Å². The molecule has 0 spiro atoms. The Morgan fingerprint density at radius 1 is 0.943 bits per heavy atom. The largest absolute Gasteiger partial charge is 0.496 e. The summed E-state index contributed by atoms with van der Waals surface area (Å²) in [5, 5.41) is 0. The van der Waals surface area contributed by atoms with Crippen LogP contribution in [0.5, 0.6) is 11.5 Å². The molecule has 3 rings (SSSR count). The number of hydrogen-bond donors (Lipinski definition) is 0. The molecule has 0 aliphatic rings. The Bertz CT molecular complexity index is 1090. The maximum Gasteiger partial charge on any atom is 0.338 e. The maximum absolute atomic E-state index is 12.8. The van der Waals surface area contributed by atoms with Gasteiger partial charge < -0.3 is 18.9 Å². The fourth-order valence-corrected chi connectivity index (χ4v) is 3.55. The maximum atomic E-state index is 12.8. The zero-order valence-electron chi connectivity index (χ0n) is 20.9. The van der Waals surface area contributed by atoms with Crippen molar-refractivity contribution in [3.63, 3.8) is 0 Å². The van der Waals surface area contributed by atoms with Crippen molar-refractivity contribution < 1.29 is 23.7 Å². The Morgan fingerprint density at radius 2 is 1.63 bits per heavy atom. The molecule has 0 saturated heterocycles. The minimum absolute atomic E-state index is 0.370. The summed E-state index contributed by atoms with van der Waals surface area (Å²) in [6, 6.07) is 24.7. The molecule has 0 bridgehead atoms. The number of carbonyl (C=O) groups is 1. The molecule has 35 heavy (non-hydrogen) atoms. The standard InChI is InChI=1S/C30H34O5/c1-23-21-26(18-19-27(23)32-4)33-20-12-11-17-28(35-29(31)25-15-9-6-10-16-25)30(2,3)34-22-24-13-7-5-8-14-24/h5-16,18-19,21,28H,17,20,22H2,1-4H3/b12-11+. The van der Waals surface area contributed by atoms with Gasteiger partial charge in [-0.3, -0.25) is 0 Å². The van der Waals surface area contributed by atoms with E-state index in [9.17, 15) is 4.79 Å². The number of esters is 1. The third kappa shape index (κ3) is 8.01. The van der Waals surface area contributed by atoms with E-state index in [4.69, 9.17) is 18.9 Å². The van der Waals surface area contributed by atoms with E-state index in [0.29, 0.717) is 25.2 Å². The highest BCUT2D eigenvalue weighted by Gasteiger charge is 2.33. The van der Waals surface area contributed by atoms with Crippen LogP contribution < -0.4 is 9.47 Å². The summed E-state index contributed by atoms with van der Waals surface area (Å²) in [5.41, 5.74) is 1.88. The summed E-state index contributed by atoms with van der Waals surface area (Å²) in [4.78, 5) is 12.8. The molecule has 0 N–H and O–H groups in total. The number of hydrogen-bond acceptors (Lipinski definition) is 5. The first-order chi connectivity index (χ1) is 16.9. The lowest BCUT2D eigenvalue weighted by molar-refractivity contribution is -0.113. The third-order valence-electron chi connectivity index (χ3n) is 5.72. The van der Waals surface area contributed by atoms with E-state index < -0.39 is 11.7 Å². The zero-order chi connectivity index (χ0) is 25.1. The number of rotatable bonds is 12. The molecular weight excluding hydrogens is 440 g/mol. The number of benzene rings is 3. The van der Waals surface area contributed by atoms with Crippen molar-refractivity contribution in [2.45, 2.75) is 45.5 Å². The van der Waals surface area contributed by atoms with Crippen LogP contribution in [-0.2, 0) is 16.1 Å². The van der Waals surface area contributed by atoms with Gasteiger partial charge in [0.25, 0.3) is 0 Å². The van der Waals surface area contributed by atoms with Crippen LogP contribution in [-0.4, -0.2) is 31.4 Å². The Balaban J connectivity index is 1.63. The predicted molar refractivity (Wildman–Crippen MR) is 138 cm³/mol. The Morgan fingerprint density at radius 3 is 2.29 bits per heavy atom. The lowest BCUT2D eigenvalue weighted by atomic mass is 9.97. The van der Waals surface area contributed by atoms with Crippen molar-refractivity contribution in [1.29, 1.82) is 0 Å². The van der Waals surface area contributed by atoms with Gasteiger partial charge in [0.1, 0.15) is 29.8 Å². The lowest BCUT2D eigenvalue weighted by Gasteiger charge is -2.33. The molecular formula is C30H34O5. The van der Waals surface area contributed by atoms with E-state index in [0.717, 1.165) is 22.6 Å². The Hall–Kier alpha value is -3.57. The molecule has 5 nitrogen and oxygen atoms in total. The monoisotopic (exact) mass is 474 g/mol. The topological polar surface area (TPSA) is 54.0 Å². The van der Waals surface area contributed by atoms with Gasteiger partial charge in [-0.15, -0.1) is 0 Å². The minimum atomic E-state index is -0.710. The molecule has 0 fully saturated rings. The predicted octanol–water partition coefficient (Wildman–Crippen LogP) is 6.55. The Labute approximate surface area is 208 Å². The Kier molecular flexibility index (Phi) is 9.50. The molecule has 3 aromatic carbocycles. The van der Waals surface area contributed by atoms with Crippen molar-refractivity contribution >= 4 is 5.97 Å². The highest BCUT2D eigenvalue weighted by atomic mass is 16.6. The molecule has 0 radical (unpaired) electrons. The van der Waals surface area contributed by atoms with Crippen molar-refractivity contribution in [2.75, 3.05) is 13.7 Å². The summed E-state index contributed by atoms with van der Waals surface area (Å²) >= 11 is 0. The quantitative estimate of drug-likeness (QED) is 0.220. The average Bonchev–Trinajstić information content (AvgIpc) is 2.87. The summed E-state index contributed by atoms with van der Waals surface area (Å²) < 4.78 is 23.3. The average molecular weight is 475 g/mol. The molecule has 5 heteroatoms. The smallest absolute Gasteiger partial charge is 0.338 e. The van der Waals surface area contributed by atoms with Crippen molar-refractivity contribution in [3.05, 3.63) is 108 Å². The zero-order valence-corrected chi connectivity index (χ0v) is 20.9. The summed E-state index contributed by atoms with van der Waals surface area (Å²) in [6.45, 7) is 6.70. The fraction of sp³-hybridized carbons (Fsp3) is 0.300. The highest BCUT2D eigenvalue weighted by molar-refractivity contribution is 5.89. The molecule has 0 aromatic heterocycles. The van der Waals surface area contributed by atoms with Crippen LogP contribution in [0.25, 0.3) is 0 Å². The molecule has 0 aliphatic heterocycles. The van der Waals surface area contributed by atoms with Gasteiger partial charge in [-0.1, -0.05) is 60.7 Å². The van der Waals surface area contributed by atoms with Gasteiger partial charge in [0.15, 0.2) is 0 Å². The fourth-order valence-electron chi connectivity index (χ4n) is 3.55. The molecule has 1 atom stereocenters. The van der Waals surface area contributed by atoms with Crippen LogP contribution in [0.1, 0.15) is 41.8 Å². The van der Waals surface area contributed by atoms with Gasteiger partial charge in [0.05, 0.1) is 19.3 Å². The van der Waals surface area contributed by atoms with Crippen LogP contribution in [0, 0.1) is 6.92 Å². The molecule has 0 saturated carbocycles. The molecule has 3 aromatic rings. The van der Waals surface area contributed by atoms with E-state index >= 15 is 0 Å². The number of methoxy groups -OCH3 is 1. The van der Waals surface area contributed by atoms with E-state index in [1.807, 2.05) is 99.7 Å². The first kappa shape index (κ1) is 26.0. The molecule has 1 unspecified atom stereocenters. The van der Waals surface area contributed by atoms with Crippen LogP contribution in [0.15, 0.2) is 91.0 Å².